The van der Waals surface area contributed by atoms with Gasteiger partial charge in [0.05, 0.1) is 37.4 Å². The van der Waals surface area contributed by atoms with Crippen molar-refractivity contribution < 1.29 is 52.3 Å². The molecule has 0 aromatic carbocycles. The first-order valence-electron chi connectivity index (χ1n) is 16.4. The molecule has 3 saturated heterocycles. The summed E-state index contributed by atoms with van der Waals surface area (Å²) in [6, 6.07) is 1.86. The van der Waals surface area contributed by atoms with Crippen molar-refractivity contribution in [2.75, 3.05) is 6.61 Å². The standard InChI is InChI=1S/C35H46O11/c1-9-17(2)30(39)44-24-14-23(42-18(3)36)31(5)16-41-27-28(31)32(24,6)22-13-26-43-25-12-21(20-10-11-40-15-20)34(8,45-19(4)37)35(25,46-26)33(22,7)29(27)38/h9-11,15,21-29,38H,12-14,16H2,1-8H3/b17-9+/t21-,22+,23+,24-,25-,26-,27+,28-,29+,31+,32-,33-,34-,35+/m0/s1. The highest BCUT2D eigenvalue weighted by molar-refractivity contribution is 5.87. The monoisotopic (exact) mass is 642 g/mol. The van der Waals surface area contributed by atoms with Crippen LogP contribution in [0.1, 0.15) is 86.1 Å². The minimum absolute atomic E-state index is 0.250. The van der Waals surface area contributed by atoms with Crippen LogP contribution in [0.5, 0.6) is 0 Å². The third-order valence-electron chi connectivity index (χ3n) is 13.3. The topological polar surface area (TPSA) is 140 Å². The number of ether oxygens (including phenoxy) is 6. The second kappa shape index (κ2) is 10.1. The van der Waals surface area contributed by atoms with Gasteiger partial charge < -0.3 is 37.9 Å². The van der Waals surface area contributed by atoms with E-state index in [0.717, 1.165) is 5.56 Å². The van der Waals surface area contributed by atoms with Gasteiger partial charge in [0.1, 0.15) is 23.4 Å². The van der Waals surface area contributed by atoms with E-state index in [-0.39, 0.29) is 30.8 Å². The zero-order chi connectivity index (χ0) is 33.2. The third kappa shape index (κ3) is 3.71. The number of hydrogen-bond acceptors (Lipinski definition) is 11. The number of aliphatic hydroxyl groups is 1. The molecule has 46 heavy (non-hydrogen) atoms. The van der Waals surface area contributed by atoms with E-state index in [2.05, 4.69) is 6.92 Å². The molecule has 11 nitrogen and oxygen atoms in total. The number of fused-ring (bicyclic) bond motifs is 3. The first-order chi connectivity index (χ1) is 21.6. The summed E-state index contributed by atoms with van der Waals surface area (Å²) < 4.78 is 44.5. The summed E-state index contributed by atoms with van der Waals surface area (Å²) >= 11 is 0. The van der Waals surface area contributed by atoms with Gasteiger partial charge in [0.15, 0.2) is 6.29 Å². The molecular formula is C35H46O11. The van der Waals surface area contributed by atoms with Crippen LogP contribution in [0.25, 0.3) is 0 Å². The van der Waals surface area contributed by atoms with Crippen molar-refractivity contribution in [3.05, 3.63) is 35.8 Å². The average Bonchev–Trinajstić information content (AvgIpc) is 3.75. The molecule has 6 aliphatic rings. The van der Waals surface area contributed by atoms with E-state index in [0.29, 0.717) is 18.4 Å². The van der Waals surface area contributed by atoms with Crippen LogP contribution in [-0.4, -0.2) is 77.6 Å². The molecule has 252 valence electrons. The maximum atomic E-state index is 13.5. The largest absolute Gasteiger partial charge is 0.472 e. The van der Waals surface area contributed by atoms with Crippen LogP contribution in [0.15, 0.2) is 34.7 Å². The van der Waals surface area contributed by atoms with Crippen molar-refractivity contribution in [3.8, 4) is 0 Å². The molecule has 1 spiro atoms. The Morgan fingerprint density at radius 3 is 2.37 bits per heavy atom. The van der Waals surface area contributed by atoms with Gasteiger partial charge in [-0.2, -0.15) is 0 Å². The molecule has 0 amide bonds. The molecule has 3 saturated carbocycles. The van der Waals surface area contributed by atoms with Gasteiger partial charge in [-0.25, -0.2) is 4.79 Å². The second-order valence-electron chi connectivity index (χ2n) is 15.3. The molecule has 1 aromatic rings. The summed E-state index contributed by atoms with van der Waals surface area (Å²) in [4.78, 5) is 38.8. The SMILES string of the molecule is C/C=C(\C)C(=O)O[C@H]1C[C@@H](OC(C)=O)[C@@]2(C)CO[C@H]3[C@@H](O)[C@]4(C)[C@H](C[C@H]5O[C@H]6C[C@@H](c7ccoc7)[C@](C)(OC(C)=O)[C@@]64O5)[C@]1(C)[C@@H]32. The van der Waals surface area contributed by atoms with Crippen molar-refractivity contribution in [2.45, 2.75) is 129 Å². The average molecular weight is 643 g/mol. The van der Waals surface area contributed by atoms with Gasteiger partial charge in [0, 0.05) is 60.3 Å². The number of carbonyl (C=O) groups excluding carboxylic acids is 3. The number of esters is 3. The van der Waals surface area contributed by atoms with Crippen molar-refractivity contribution in [2.24, 2.45) is 28.1 Å². The highest BCUT2D eigenvalue weighted by Gasteiger charge is 2.87. The Kier molecular flexibility index (Phi) is 7.02. The Morgan fingerprint density at radius 2 is 1.74 bits per heavy atom. The summed E-state index contributed by atoms with van der Waals surface area (Å²) in [6.45, 7) is 14.6. The Morgan fingerprint density at radius 1 is 1.00 bits per heavy atom. The predicted molar refractivity (Wildman–Crippen MR) is 160 cm³/mol. The fraction of sp³-hybridized carbons (Fsp3) is 0.743. The Hall–Kier alpha value is -2.73. The molecule has 2 bridgehead atoms. The molecule has 14 atom stereocenters. The molecule has 3 aliphatic carbocycles. The first-order valence-corrected chi connectivity index (χ1v) is 16.4. The molecule has 1 aromatic heterocycles. The molecule has 7 rings (SSSR count). The maximum Gasteiger partial charge on any atom is 0.333 e. The smallest absolute Gasteiger partial charge is 0.333 e. The van der Waals surface area contributed by atoms with Crippen LogP contribution in [0.4, 0.5) is 0 Å². The lowest BCUT2D eigenvalue weighted by atomic mass is 9.37. The zero-order valence-corrected chi connectivity index (χ0v) is 27.9. The molecule has 11 heteroatoms. The Labute approximate surface area is 269 Å². The van der Waals surface area contributed by atoms with Gasteiger partial charge in [0.25, 0.3) is 0 Å². The van der Waals surface area contributed by atoms with E-state index in [9.17, 15) is 19.5 Å². The van der Waals surface area contributed by atoms with Crippen LogP contribution < -0.4 is 0 Å². The fourth-order valence-electron chi connectivity index (χ4n) is 11.5. The predicted octanol–water partition coefficient (Wildman–Crippen LogP) is 4.21. The van der Waals surface area contributed by atoms with Gasteiger partial charge in [-0.1, -0.05) is 26.8 Å². The van der Waals surface area contributed by atoms with Crippen molar-refractivity contribution in [1.29, 1.82) is 0 Å². The maximum absolute atomic E-state index is 13.5. The summed E-state index contributed by atoms with van der Waals surface area (Å²) in [5.41, 5.74) is -3.83. The van der Waals surface area contributed by atoms with Crippen molar-refractivity contribution >= 4 is 17.9 Å². The van der Waals surface area contributed by atoms with Gasteiger partial charge in [-0.3, -0.25) is 9.59 Å². The molecule has 0 radical (unpaired) electrons. The van der Waals surface area contributed by atoms with E-state index in [1.165, 1.54) is 13.8 Å². The highest BCUT2D eigenvalue weighted by atomic mass is 16.8. The van der Waals surface area contributed by atoms with Crippen LogP contribution in [0, 0.1) is 28.1 Å². The number of hydrogen-bond donors (Lipinski definition) is 1. The minimum atomic E-state index is -1.29. The van der Waals surface area contributed by atoms with E-state index in [1.807, 2.05) is 26.8 Å². The number of aliphatic hydroxyl groups excluding tert-OH is 1. The van der Waals surface area contributed by atoms with E-state index in [1.54, 1.807) is 32.4 Å². The van der Waals surface area contributed by atoms with Gasteiger partial charge in [-0.15, -0.1) is 0 Å². The van der Waals surface area contributed by atoms with Crippen molar-refractivity contribution in [3.63, 3.8) is 0 Å². The number of carbonyl (C=O) groups is 3. The van der Waals surface area contributed by atoms with Gasteiger partial charge >= 0.3 is 17.9 Å². The molecule has 0 unspecified atom stereocenters. The fourth-order valence-corrected chi connectivity index (χ4v) is 11.5. The van der Waals surface area contributed by atoms with Crippen LogP contribution in [0.3, 0.4) is 0 Å². The summed E-state index contributed by atoms with van der Waals surface area (Å²) in [5.74, 6) is -2.40. The van der Waals surface area contributed by atoms with Crippen LogP contribution >= 0.6 is 0 Å². The van der Waals surface area contributed by atoms with E-state index >= 15 is 0 Å². The second-order valence-corrected chi connectivity index (χ2v) is 15.3. The molecule has 1 N–H and O–H groups in total. The first kappa shape index (κ1) is 31.8. The number of furan rings is 1. The molecular weight excluding hydrogens is 596 g/mol. The minimum Gasteiger partial charge on any atom is -0.472 e. The van der Waals surface area contributed by atoms with E-state index < -0.39 is 82.2 Å². The van der Waals surface area contributed by atoms with Crippen LogP contribution in [0.2, 0.25) is 0 Å². The number of rotatable bonds is 5. The Balaban J connectivity index is 1.43. The van der Waals surface area contributed by atoms with Gasteiger partial charge in [0.2, 0.25) is 0 Å². The van der Waals surface area contributed by atoms with Crippen LogP contribution in [-0.2, 0) is 42.8 Å². The molecule has 6 fully saturated rings. The normalized spacial score (nSPS) is 50.3. The summed E-state index contributed by atoms with van der Waals surface area (Å²) in [7, 11) is 0. The number of allylic oxidation sites excluding steroid dienone is 1. The lowest BCUT2D eigenvalue weighted by Crippen LogP contribution is -2.80. The summed E-state index contributed by atoms with van der Waals surface area (Å²) in [5, 5.41) is 12.8. The lowest BCUT2D eigenvalue weighted by molar-refractivity contribution is -0.353. The van der Waals surface area contributed by atoms with Crippen molar-refractivity contribution in [1.82, 2.24) is 0 Å². The summed E-state index contributed by atoms with van der Waals surface area (Å²) in [6.07, 6.45) is 1.84. The van der Waals surface area contributed by atoms with Gasteiger partial charge in [-0.05, 0) is 44.7 Å². The quantitative estimate of drug-likeness (QED) is 0.281. The lowest BCUT2D eigenvalue weighted by Gasteiger charge is -2.71. The highest BCUT2D eigenvalue weighted by Crippen LogP contribution is 2.78. The molecule has 3 aliphatic heterocycles. The van der Waals surface area contributed by atoms with E-state index in [4.69, 9.17) is 32.8 Å². The zero-order valence-electron chi connectivity index (χ0n) is 27.9. The molecule has 4 heterocycles. The Bertz CT molecular complexity index is 1470. The third-order valence-corrected chi connectivity index (χ3v) is 13.3.